The van der Waals surface area contributed by atoms with Gasteiger partial charge in [0, 0.05) is 31.6 Å². The van der Waals surface area contributed by atoms with Crippen LogP contribution in [0.3, 0.4) is 0 Å². The Morgan fingerprint density at radius 2 is 1.82 bits per heavy atom. The van der Waals surface area contributed by atoms with Gasteiger partial charge in [0.1, 0.15) is 12.4 Å². The van der Waals surface area contributed by atoms with Crippen molar-refractivity contribution in [2.75, 3.05) is 39.8 Å². The largest absolute Gasteiger partial charge is 0.496 e. The molecular weight excluding hydrogens is 444 g/mol. The first-order valence-electron chi connectivity index (χ1n) is 11.8. The van der Waals surface area contributed by atoms with Crippen LogP contribution in [0.1, 0.15) is 44.9 Å². The highest BCUT2D eigenvalue weighted by molar-refractivity contribution is 6.31. The summed E-state index contributed by atoms with van der Waals surface area (Å²) >= 11 is 6.19. The van der Waals surface area contributed by atoms with Gasteiger partial charge < -0.3 is 25.6 Å². The van der Waals surface area contributed by atoms with Gasteiger partial charge in [0.25, 0.3) is 0 Å². The predicted octanol–water partition coefficient (Wildman–Crippen LogP) is 1.97. The van der Waals surface area contributed by atoms with E-state index in [0.29, 0.717) is 31.1 Å². The fourth-order valence-corrected chi connectivity index (χ4v) is 4.65. The number of carbonyl (C=O) groups is 3. The number of halogens is 1. The van der Waals surface area contributed by atoms with Crippen molar-refractivity contribution in [2.24, 2.45) is 5.92 Å². The third-order valence-corrected chi connectivity index (χ3v) is 6.59. The summed E-state index contributed by atoms with van der Waals surface area (Å²) in [7, 11) is 1.63. The smallest absolute Gasteiger partial charge is 0.240 e. The summed E-state index contributed by atoms with van der Waals surface area (Å²) in [5, 5.41) is 9.49. The normalized spacial score (nSPS) is 25.3. The highest BCUT2D eigenvalue weighted by Gasteiger charge is 2.32. The van der Waals surface area contributed by atoms with E-state index in [1.54, 1.807) is 7.05 Å². The average Bonchev–Trinajstić information content (AvgIpc) is 3.26. The minimum atomic E-state index is -0.354. The van der Waals surface area contributed by atoms with E-state index in [0.717, 1.165) is 49.9 Å². The number of hydrogen-bond donors (Lipinski definition) is 3. The van der Waals surface area contributed by atoms with Crippen molar-refractivity contribution in [3.8, 4) is 0 Å². The Hall–Kier alpha value is -2.32. The highest BCUT2D eigenvalue weighted by atomic mass is 35.5. The monoisotopic (exact) mass is 478 g/mol. The molecule has 0 bridgehead atoms. The number of rotatable bonds is 1. The van der Waals surface area contributed by atoms with Crippen LogP contribution in [0.4, 0.5) is 0 Å². The quantitative estimate of drug-likeness (QED) is 0.535. The summed E-state index contributed by atoms with van der Waals surface area (Å²) in [6.07, 6.45) is 12.0. The Morgan fingerprint density at radius 1 is 1.03 bits per heavy atom. The first-order chi connectivity index (χ1) is 15.9. The number of allylic oxidation sites excluding steroid dienone is 5. The van der Waals surface area contributed by atoms with E-state index in [9.17, 15) is 14.4 Å². The van der Waals surface area contributed by atoms with E-state index in [-0.39, 0.29) is 42.8 Å². The summed E-state index contributed by atoms with van der Waals surface area (Å²) in [4.78, 5) is 39.0. The Bertz CT molecular complexity index is 817. The maximum atomic E-state index is 13.2. The molecule has 2 aliphatic carbocycles. The van der Waals surface area contributed by atoms with Crippen molar-refractivity contribution in [2.45, 2.75) is 51.0 Å². The maximum absolute atomic E-state index is 13.2. The molecule has 0 spiro atoms. The summed E-state index contributed by atoms with van der Waals surface area (Å²) in [6, 6.07) is -0.354. The molecule has 1 saturated carbocycles. The molecule has 0 aromatic carbocycles. The molecule has 3 N–H and O–H groups in total. The zero-order chi connectivity index (χ0) is 23.6. The molecule has 3 amide bonds. The van der Waals surface area contributed by atoms with Gasteiger partial charge in [-0.1, -0.05) is 36.6 Å². The molecule has 3 aliphatic rings. The van der Waals surface area contributed by atoms with Gasteiger partial charge in [0.2, 0.25) is 17.7 Å². The molecule has 0 radical (unpaired) electrons. The highest BCUT2D eigenvalue weighted by Crippen LogP contribution is 2.29. The lowest BCUT2D eigenvalue weighted by atomic mass is 9.97. The lowest BCUT2D eigenvalue weighted by Gasteiger charge is -2.28. The minimum absolute atomic E-state index is 0.0802. The summed E-state index contributed by atoms with van der Waals surface area (Å²) in [6.45, 7) is 1.25. The molecule has 1 unspecified atom stereocenters. The summed E-state index contributed by atoms with van der Waals surface area (Å²) in [5.41, 5.74) is 1.05. The third-order valence-electron chi connectivity index (χ3n) is 6.31. The van der Waals surface area contributed by atoms with Gasteiger partial charge >= 0.3 is 0 Å². The zero-order valence-electron chi connectivity index (χ0n) is 19.3. The Morgan fingerprint density at radius 3 is 2.61 bits per heavy atom. The van der Waals surface area contributed by atoms with Crippen LogP contribution in [0.25, 0.3) is 0 Å². The molecule has 0 aromatic heterocycles. The standard InChI is InChI=1S/C24H35ClN4O4/c1-29-16-22(31)28-15-21(30)26-12-4-7-17-8-9-19(25)10-11-20(17)33-14-13-27-23(24(29)32)18-5-2-3-6-18/h8-10,18,23,27H,2-7,11-16H2,1H3,(H,26,30)(H,28,31). The number of nitrogens with one attached hydrogen (secondary N) is 3. The van der Waals surface area contributed by atoms with Gasteiger partial charge in [0.05, 0.1) is 19.1 Å². The fourth-order valence-electron chi connectivity index (χ4n) is 4.51. The lowest BCUT2D eigenvalue weighted by Crippen LogP contribution is -2.52. The Labute approximate surface area is 200 Å². The van der Waals surface area contributed by atoms with E-state index < -0.39 is 0 Å². The van der Waals surface area contributed by atoms with Gasteiger partial charge in [-0.05, 0) is 43.3 Å². The van der Waals surface area contributed by atoms with Crippen LogP contribution in [0.5, 0.6) is 0 Å². The molecule has 0 aromatic rings. The summed E-state index contributed by atoms with van der Waals surface area (Å²) in [5.74, 6) is 0.407. The third kappa shape index (κ3) is 7.89. The Balaban J connectivity index is 1.73. The van der Waals surface area contributed by atoms with Crippen LogP contribution >= 0.6 is 11.6 Å². The average molecular weight is 479 g/mol. The van der Waals surface area contributed by atoms with Gasteiger partial charge in [0.15, 0.2) is 0 Å². The molecule has 9 heteroatoms. The van der Waals surface area contributed by atoms with Gasteiger partial charge in [-0.2, -0.15) is 0 Å². The van der Waals surface area contributed by atoms with Crippen molar-refractivity contribution in [3.05, 3.63) is 34.6 Å². The number of carbonyl (C=O) groups excluding carboxylic acids is 3. The van der Waals surface area contributed by atoms with Crippen molar-refractivity contribution in [1.29, 1.82) is 0 Å². The van der Waals surface area contributed by atoms with Crippen molar-refractivity contribution >= 4 is 29.3 Å². The zero-order valence-corrected chi connectivity index (χ0v) is 20.1. The van der Waals surface area contributed by atoms with E-state index in [1.807, 2.05) is 18.2 Å². The van der Waals surface area contributed by atoms with E-state index in [1.165, 1.54) is 4.90 Å². The number of hydrogen-bond acceptors (Lipinski definition) is 5. The van der Waals surface area contributed by atoms with Gasteiger partial charge in [-0.15, -0.1) is 0 Å². The van der Waals surface area contributed by atoms with Crippen molar-refractivity contribution in [3.63, 3.8) is 0 Å². The molecular formula is C24H35ClN4O4. The van der Waals surface area contributed by atoms with Crippen molar-refractivity contribution < 1.29 is 19.1 Å². The molecule has 1 fully saturated rings. The topological polar surface area (TPSA) is 99.8 Å². The molecule has 3 rings (SSSR count). The maximum Gasteiger partial charge on any atom is 0.240 e. The molecule has 1 atom stereocenters. The van der Waals surface area contributed by atoms with Crippen LogP contribution in [0.2, 0.25) is 0 Å². The predicted molar refractivity (Wildman–Crippen MR) is 127 cm³/mol. The molecule has 33 heavy (non-hydrogen) atoms. The molecule has 1 aliphatic heterocycles. The fraction of sp³-hybridized carbons (Fsp3) is 0.625. The van der Waals surface area contributed by atoms with Crippen LogP contribution in [0.15, 0.2) is 34.6 Å². The van der Waals surface area contributed by atoms with Crippen LogP contribution in [-0.4, -0.2) is 68.5 Å². The van der Waals surface area contributed by atoms with E-state index >= 15 is 0 Å². The molecule has 1 heterocycles. The lowest BCUT2D eigenvalue weighted by molar-refractivity contribution is -0.137. The number of likely N-dealkylation sites (N-methyl/N-ethyl adjacent to an activating group) is 1. The van der Waals surface area contributed by atoms with Crippen LogP contribution in [-0.2, 0) is 19.1 Å². The van der Waals surface area contributed by atoms with E-state index in [2.05, 4.69) is 16.0 Å². The molecule has 8 nitrogen and oxygen atoms in total. The van der Waals surface area contributed by atoms with E-state index in [4.69, 9.17) is 16.3 Å². The number of amides is 3. The number of ether oxygens (including phenoxy) is 1. The second-order valence-electron chi connectivity index (χ2n) is 8.82. The number of nitrogens with zero attached hydrogens (tertiary/aromatic N) is 1. The SMILES string of the molecule is CN1CC(=O)NCC(=O)NCCCC2=C(CC=C(Cl)C=C2)OCCNC(C2CCCC2)C1=O. The molecule has 0 saturated heterocycles. The summed E-state index contributed by atoms with van der Waals surface area (Å²) < 4.78 is 6.12. The first-order valence-corrected chi connectivity index (χ1v) is 12.2. The van der Waals surface area contributed by atoms with Crippen molar-refractivity contribution in [1.82, 2.24) is 20.9 Å². The molecule has 182 valence electrons. The second-order valence-corrected chi connectivity index (χ2v) is 9.26. The van der Waals surface area contributed by atoms with Gasteiger partial charge in [-0.3, -0.25) is 14.4 Å². The van der Waals surface area contributed by atoms with Gasteiger partial charge in [-0.25, -0.2) is 0 Å². The first kappa shape index (κ1) is 25.3. The Kier molecular flexibility index (Phi) is 9.81. The van der Waals surface area contributed by atoms with Crippen LogP contribution < -0.4 is 16.0 Å². The van der Waals surface area contributed by atoms with Crippen LogP contribution in [0, 0.1) is 5.92 Å². The minimum Gasteiger partial charge on any atom is -0.496 e. The second kappa shape index (κ2) is 12.8.